The molecule has 0 aromatic carbocycles. The number of nitrogens with one attached hydrogen (secondary N) is 1. The highest BCUT2D eigenvalue weighted by Gasteiger charge is 2.39. The fraction of sp³-hybridized carbons (Fsp3) is 0.846. The minimum atomic E-state index is -4.42. The van der Waals surface area contributed by atoms with E-state index in [1.54, 1.807) is 0 Å². The van der Waals surface area contributed by atoms with Crippen molar-refractivity contribution in [1.82, 2.24) is 25.0 Å². The standard InChI is InChI=1S/C13H20F3N5/c1-9(6-17-10-2-3-10)7-20-4-5-21-11(8-20)18-19-12(21)13(14,15)16/h9-10,17H,2-8H2,1H3. The summed E-state index contributed by atoms with van der Waals surface area (Å²) in [7, 11) is 0. The van der Waals surface area contributed by atoms with E-state index in [1.807, 2.05) is 0 Å². The zero-order valence-electron chi connectivity index (χ0n) is 12.0. The molecular weight excluding hydrogens is 283 g/mol. The van der Waals surface area contributed by atoms with E-state index in [9.17, 15) is 13.2 Å². The summed E-state index contributed by atoms with van der Waals surface area (Å²) in [5.41, 5.74) is 0. The summed E-state index contributed by atoms with van der Waals surface area (Å²) >= 11 is 0. The highest BCUT2D eigenvalue weighted by atomic mass is 19.4. The molecule has 0 bridgehead atoms. The second-order valence-corrected chi connectivity index (χ2v) is 6.11. The molecule has 0 amide bonds. The minimum absolute atomic E-state index is 0.306. The van der Waals surface area contributed by atoms with Gasteiger partial charge in [-0.05, 0) is 25.3 Å². The van der Waals surface area contributed by atoms with Crippen LogP contribution >= 0.6 is 0 Å². The molecule has 1 aliphatic heterocycles. The maximum Gasteiger partial charge on any atom is 0.451 e. The topological polar surface area (TPSA) is 46.0 Å². The van der Waals surface area contributed by atoms with E-state index in [2.05, 4.69) is 27.3 Å². The molecule has 3 rings (SSSR count). The summed E-state index contributed by atoms with van der Waals surface area (Å²) in [5.74, 6) is 0.0127. The Hall–Kier alpha value is -1.15. The minimum Gasteiger partial charge on any atom is -0.314 e. The first-order valence-electron chi connectivity index (χ1n) is 7.38. The van der Waals surface area contributed by atoms with Crippen molar-refractivity contribution in [3.63, 3.8) is 0 Å². The van der Waals surface area contributed by atoms with Crippen molar-refractivity contribution in [2.75, 3.05) is 19.6 Å². The first kappa shape index (κ1) is 14.8. The molecule has 0 saturated heterocycles. The van der Waals surface area contributed by atoms with Crippen LogP contribution in [0, 0.1) is 5.92 Å². The van der Waals surface area contributed by atoms with Crippen molar-refractivity contribution in [2.24, 2.45) is 5.92 Å². The van der Waals surface area contributed by atoms with Crippen LogP contribution in [0.4, 0.5) is 13.2 Å². The molecule has 1 unspecified atom stereocenters. The highest BCUT2D eigenvalue weighted by Crippen LogP contribution is 2.29. The Labute approximate surface area is 121 Å². The van der Waals surface area contributed by atoms with E-state index >= 15 is 0 Å². The predicted octanol–water partition coefficient (Wildman–Crippen LogP) is 1.50. The monoisotopic (exact) mass is 303 g/mol. The van der Waals surface area contributed by atoms with Crippen molar-refractivity contribution in [1.29, 1.82) is 0 Å². The third kappa shape index (κ3) is 3.55. The molecule has 1 saturated carbocycles. The first-order valence-corrected chi connectivity index (χ1v) is 7.38. The zero-order chi connectivity index (χ0) is 15.0. The van der Waals surface area contributed by atoms with Crippen molar-refractivity contribution in [3.05, 3.63) is 11.6 Å². The number of alkyl halides is 3. The molecule has 2 heterocycles. The van der Waals surface area contributed by atoms with Crippen LogP contribution in [-0.2, 0) is 19.3 Å². The van der Waals surface area contributed by atoms with Gasteiger partial charge in [0.15, 0.2) is 0 Å². The van der Waals surface area contributed by atoms with Gasteiger partial charge in [-0.2, -0.15) is 13.2 Å². The van der Waals surface area contributed by atoms with Gasteiger partial charge in [0.1, 0.15) is 5.82 Å². The quantitative estimate of drug-likeness (QED) is 0.895. The van der Waals surface area contributed by atoms with Gasteiger partial charge in [-0.1, -0.05) is 6.92 Å². The van der Waals surface area contributed by atoms with Crippen LogP contribution in [0.2, 0.25) is 0 Å². The van der Waals surface area contributed by atoms with Crippen LogP contribution < -0.4 is 5.32 Å². The molecule has 1 fully saturated rings. The molecule has 5 nitrogen and oxygen atoms in total. The van der Waals surface area contributed by atoms with Crippen molar-refractivity contribution >= 4 is 0 Å². The molecule has 2 aliphatic rings. The number of halogens is 3. The van der Waals surface area contributed by atoms with Gasteiger partial charge < -0.3 is 9.88 Å². The summed E-state index contributed by atoms with van der Waals surface area (Å²) in [6.07, 6.45) is -1.89. The van der Waals surface area contributed by atoms with E-state index in [4.69, 9.17) is 0 Å². The smallest absolute Gasteiger partial charge is 0.314 e. The Morgan fingerprint density at radius 2 is 2.05 bits per heavy atom. The lowest BCUT2D eigenvalue weighted by atomic mass is 10.1. The lowest BCUT2D eigenvalue weighted by molar-refractivity contribution is -0.148. The van der Waals surface area contributed by atoms with Crippen LogP contribution in [0.5, 0.6) is 0 Å². The Morgan fingerprint density at radius 1 is 1.29 bits per heavy atom. The molecule has 0 radical (unpaired) electrons. The fourth-order valence-electron chi connectivity index (χ4n) is 2.73. The lowest BCUT2D eigenvalue weighted by Crippen LogP contribution is -2.39. The van der Waals surface area contributed by atoms with Gasteiger partial charge in [0, 0.05) is 25.7 Å². The maximum absolute atomic E-state index is 12.8. The average molecular weight is 303 g/mol. The van der Waals surface area contributed by atoms with Crippen LogP contribution in [0.1, 0.15) is 31.4 Å². The van der Waals surface area contributed by atoms with E-state index < -0.39 is 12.0 Å². The predicted molar refractivity (Wildman–Crippen MR) is 70.5 cm³/mol. The lowest BCUT2D eigenvalue weighted by Gasteiger charge is -2.30. The van der Waals surface area contributed by atoms with Crippen LogP contribution in [0.15, 0.2) is 0 Å². The molecule has 0 spiro atoms. The normalized spacial score (nSPS) is 21.3. The third-order valence-corrected chi connectivity index (χ3v) is 3.99. The van der Waals surface area contributed by atoms with E-state index in [0.717, 1.165) is 13.1 Å². The number of hydrogen-bond acceptors (Lipinski definition) is 4. The fourth-order valence-corrected chi connectivity index (χ4v) is 2.73. The maximum atomic E-state index is 12.8. The number of fused-ring (bicyclic) bond motifs is 1. The highest BCUT2D eigenvalue weighted by molar-refractivity contribution is 5.02. The van der Waals surface area contributed by atoms with Gasteiger partial charge in [0.2, 0.25) is 5.82 Å². The molecule has 1 N–H and O–H groups in total. The van der Waals surface area contributed by atoms with Crippen molar-refractivity contribution < 1.29 is 13.2 Å². The molecule has 21 heavy (non-hydrogen) atoms. The van der Waals surface area contributed by atoms with E-state index in [0.29, 0.717) is 37.4 Å². The SMILES string of the molecule is CC(CNC1CC1)CN1CCn2c(nnc2C(F)(F)F)C1. The summed E-state index contributed by atoms with van der Waals surface area (Å²) in [4.78, 5) is 2.16. The van der Waals surface area contributed by atoms with E-state index in [-0.39, 0.29) is 0 Å². The van der Waals surface area contributed by atoms with Gasteiger partial charge in [-0.15, -0.1) is 10.2 Å². The van der Waals surface area contributed by atoms with E-state index in [1.165, 1.54) is 17.4 Å². The largest absolute Gasteiger partial charge is 0.451 e. The Morgan fingerprint density at radius 3 is 2.71 bits per heavy atom. The Balaban J connectivity index is 1.56. The molecule has 118 valence electrons. The summed E-state index contributed by atoms with van der Waals surface area (Å²) in [6.45, 7) is 5.35. The van der Waals surface area contributed by atoms with Gasteiger partial charge >= 0.3 is 6.18 Å². The number of rotatable bonds is 5. The molecule has 8 heteroatoms. The van der Waals surface area contributed by atoms with Crippen LogP contribution in [-0.4, -0.2) is 45.3 Å². The second-order valence-electron chi connectivity index (χ2n) is 6.11. The van der Waals surface area contributed by atoms with Gasteiger partial charge in [0.25, 0.3) is 0 Å². The molecule has 1 aromatic heterocycles. The molecule has 1 atom stereocenters. The van der Waals surface area contributed by atoms with Gasteiger partial charge in [-0.3, -0.25) is 4.90 Å². The average Bonchev–Trinajstić information content (AvgIpc) is 3.13. The zero-order valence-corrected chi connectivity index (χ0v) is 12.0. The molecular formula is C13H20F3N5. The summed E-state index contributed by atoms with van der Waals surface area (Å²) < 4.78 is 39.5. The second kappa shape index (κ2) is 5.57. The van der Waals surface area contributed by atoms with Crippen LogP contribution in [0.3, 0.4) is 0 Å². The molecule has 1 aliphatic carbocycles. The summed E-state index contributed by atoms with van der Waals surface area (Å²) in [6, 6.07) is 0.686. The van der Waals surface area contributed by atoms with Crippen LogP contribution in [0.25, 0.3) is 0 Å². The van der Waals surface area contributed by atoms with Crippen molar-refractivity contribution in [3.8, 4) is 0 Å². The Kier molecular flexibility index (Phi) is 3.92. The van der Waals surface area contributed by atoms with Crippen molar-refractivity contribution in [2.45, 2.75) is 45.1 Å². The first-order chi connectivity index (χ1) is 9.93. The molecule has 1 aromatic rings. The third-order valence-electron chi connectivity index (χ3n) is 3.99. The Bertz CT molecular complexity index is 494. The number of aromatic nitrogens is 3. The van der Waals surface area contributed by atoms with Gasteiger partial charge in [0.05, 0.1) is 6.54 Å². The number of hydrogen-bond donors (Lipinski definition) is 1. The number of nitrogens with zero attached hydrogens (tertiary/aromatic N) is 4. The van der Waals surface area contributed by atoms with Gasteiger partial charge in [-0.25, -0.2) is 0 Å². The summed E-state index contributed by atoms with van der Waals surface area (Å²) in [5, 5.41) is 10.5.